The van der Waals surface area contributed by atoms with Crippen molar-refractivity contribution in [1.29, 1.82) is 0 Å². The Labute approximate surface area is 152 Å². The van der Waals surface area contributed by atoms with Gasteiger partial charge in [0.1, 0.15) is 0 Å². The zero-order chi connectivity index (χ0) is 18.7. The predicted octanol–water partition coefficient (Wildman–Crippen LogP) is 4.04. The van der Waals surface area contributed by atoms with E-state index in [0.717, 1.165) is 22.3 Å². The lowest BCUT2D eigenvalue weighted by atomic mass is 10.1. The molecule has 0 aliphatic carbocycles. The summed E-state index contributed by atoms with van der Waals surface area (Å²) in [6.07, 6.45) is 0.969. The van der Waals surface area contributed by atoms with E-state index in [1.165, 1.54) is 0 Å². The maximum atomic E-state index is 12.7. The van der Waals surface area contributed by atoms with E-state index in [0.29, 0.717) is 31.5 Å². The minimum Gasteiger partial charge on any atom is -0.408 e. The molecule has 0 aliphatic heterocycles. The van der Waals surface area contributed by atoms with Gasteiger partial charge >= 0.3 is 5.76 Å². The molecule has 0 unspecified atom stereocenters. The normalized spacial score (nSPS) is 11.0. The van der Waals surface area contributed by atoms with E-state index in [-0.39, 0.29) is 11.7 Å². The number of hydrogen-bond acceptors (Lipinski definition) is 3. The van der Waals surface area contributed by atoms with E-state index in [1.807, 2.05) is 51.1 Å². The maximum Gasteiger partial charge on any atom is 0.419 e. The molecule has 0 saturated carbocycles. The molecule has 5 nitrogen and oxygen atoms in total. The standard InChI is InChI=1S/C21H24N2O3/c1-4-22(17-13-15(2)12-16(3)14-17)20(24)10-7-11-23-18-8-5-6-9-19(18)26-21(23)25/h5-6,8-9,12-14H,4,7,10-11H2,1-3H3. The number of aryl methyl sites for hydroxylation is 3. The van der Waals surface area contributed by atoms with E-state index < -0.39 is 0 Å². The summed E-state index contributed by atoms with van der Waals surface area (Å²) in [5.74, 6) is -0.307. The van der Waals surface area contributed by atoms with Crippen LogP contribution >= 0.6 is 0 Å². The summed E-state index contributed by atoms with van der Waals surface area (Å²) in [7, 11) is 0. The highest BCUT2D eigenvalue weighted by molar-refractivity contribution is 5.93. The fraction of sp³-hybridized carbons (Fsp3) is 0.333. The molecule has 2 aromatic carbocycles. The molecule has 0 radical (unpaired) electrons. The Balaban J connectivity index is 1.69. The van der Waals surface area contributed by atoms with Crippen molar-refractivity contribution in [3.8, 4) is 0 Å². The number of para-hydroxylation sites is 2. The number of nitrogens with zero attached hydrogens (tertiary/aromatic N) is 2. The van der Waals surface area contributed by atoms with Crippen molar-refractivity contribution in [2.24, 2.45) is 0 Å². The SMILES string of the molecule is CCN(C(=O)CCCn1c(=O)oc2ccccc21)c1cc(C)cc(C)c1. The van der Waals surface area contributed by atoms with Crippen LogP contribution in [-0.4, -0.2) is 17.0 Å². The van der Waals surface area contributed by atoms with Crippen LogP contribution in [0.15, 0.2) is 51.7 Å². The molecule has 0 fully saturated rings. The van der Waals surface area contributed by atoms with Crippen LogP contribution in [0.25, 0.3) is 11.1 Å². The molecule has 1 aromatic heterocycles. The lowest BCUT2D eigenvalue weighted by Gasteiger charge is -2.22. The third kappa shape index (κ3) is 3.72. The van der Waals surface area contributed by atoms with Crippen molar-refractivity contribution in [1.82, 2.24) is 4.57 Å². The zero-order valence-electron chi connectivity index (χ0n) is 15.5. The third-order valence-corrected chi connectivity index (χ3v) is 4.48. The average molecular weight is 352 g/mol. The average Bonchev–Trinajstić information content (AvgIpc) is 2.90. The number of fused-ring (bicyclic) bond motifs is 1. The van der Waals surface area contributed by atoms with Crippen molar-refractivity contribution < 1.29 is 9.21 Å². The molecule has 0 spiro atoms. The Kier molecular flexibility index (Phi) is 5.26. The van der Waals surface area contributed by atoms with Crippen molar-refractivity contribution in [2.75, 3.05) is 11.4 Å². The zero-order valence-corrected chi connectivity index (χ0v) is 15.5. The van der Waals surface area contributed by atoms with Crippen molar-refractivity contribution in [2.45, 2.75) is 40.2 Å². The van der Waals surface area contributed by atoms with Crippen LogP contribution in [0.2, 0.25) is 0 Å². The van der Waals surface area contributed by atoms with E-state index in [1.54, 1.807) is 15.5 Å². The van der Waals surface area contributed by atoms with Gasteiger partial charge in [0.05, 0.1) is 5.52 Å². The second kappa shape index (κ2) is 7.60. The molecular formula is C21H24N2O3. The van der Waals surface area contributed by atoms with Gasteiger partial charge < -0.3 is 9.32 Å². The summed E-state index contributed by atoms with van der Waals surface area (Å²) < 4.78 is 6.83. The molecular weight excluding hydrogens is 328 g/mol. The number of carbonyl (C=O) groups is 1. The molecule has 0 bridgehead atoms. The number of benzene rings is 2. The second-order valence-corrected chi connectivity index (χ2v) is 6.57. The molecule has 1 heterocycles. The first-order valence-electron chi connectivity index (χ1n) is 8.96. The molecule has 0 saturated heterocycles. The summed E-state index contributed by atoms with van der Waals surface area (Å²) in [5.41, 5.74) is 4.56. The Morgan fingerprint density at radius 1 is 1.12 bits per heavy atom. The topological polar surface area (TPSA) is 55.5 Å². The first kappa shape index (κ1) is 18.0. The van der Waals surface area contributed by atoms with Gasteiger partial charge in [0.25, 0.3) is 0 Å². The minimum absolute atomic E-state index is 0.0679. The number of carbonyl (C=O) groups excluding carboxylic acids is 1. The van der Waals surface area contributed by atoms with Crippen LogP contribution in [0.4, 0.5) is 5.69 Å². The van der Waals surface area contributed by atoms with Gasteiger partial charge in [-0.15, -0.1) is 0 Å². The number of hydrogen-bond donors (Lipinski definition) is 0. The lowest BCUT2D eigenvalue weighted by Crippen LogP contribution is -2.31. The molecule has 26 heavy (non-hydrogen) atoms. The van der Waals surface area contributed by atoms with Crippen LogP contribution in [0.1, 0.15) is 30.9 Å². The summed E-state index contributed by atoms with van der Waals surface area (Å²) in [4.78, 5) is 26.5. The van der Waals surface area contributed by atoms with Gasteiger partial charge in [0.15, 0.2) is 5.58 Å². The summed E-state index contributed by atoms with van der Waals surface area (Å²) >= 11 is 0. The van der Waals surface area contributed by atoms with Gasteiger partial charge in [0, 0.05) is 25.2 Å². The second-order valence-electron chi connectivity index (χ2n) is 6.57. The Bertz CT molecular complexity index is 964. The fourth-order valence-electron chi connectivity index (χ4n) is 3.36. The van der Waals surface area contributed by atoms with Crippen LogP contribution in [-0.2, 0) is 11.3 Å². The number of rotatable bonds is 6. The molecule has 1 amide bonds. The van der Waals surface area contributed by atoms with Crippen LogP contribution in [0, 0.1) is 13.8 Å². The van der Waals surface area contributed by atoms with Gasteiger partial charge in [-0.05, 0) is 62.6 Å². The maximum absolute atomic E-state index is 12.7. The van der Waals surface area contributed by atoms with Crippen LogP contribution in [0.3, 0.4) is 0 Å². The number of amides is 1. The van der Waals surface area contributed by atoms with Crippen molar-refractivity contribution in [3.05, 3.63) is 64.1 Å². The van der Waals surface area contributed by atoms with Gasteiger partial charge in [-0.1, -0.05) is 18.2 Å². The smallest absolute Gasteiger partial charge is 0.408 e. The van der Waals surface area contributed by atoms with E-state index in [4.69, 9.17) is 4.42 Å². The highest BCUT2D eigenvalue weighted by Crippen LogP contribution is 2.20. The van der Waals surface area contributed by atoms with E-state index in [2.05, 4.69) is 6.07 Å². The molecule has 3 aromatic rings. The number of aromatic nitrogens is 1. The van der Waals surface area contributed by atoms with Gasteiger partial charge in [-0.3, -0.25) is 9.36 Å². The highest BCUT2D eigenvalue weighted by atomic mass is 16.4. The number of anilines is 1. The molecule has 0 N–H and O–H groups in total. The van der Waals surface area contributed by atoms with Crippen LogP contribution in [0.5, 0.6) is 0 Å². The molecule has 136 valence electrons. The Morgan fingerprint density at radius 2 is 1.81 bits per heavy atom. The quantitative estimate of drug-likeness (QED) is 0.673. The highest BCUT2D eigenvalue weighted by Gasteiger charge is 2.15. The molecule has 5 heteroatoms. The Hall–Kier alpha value is -2.82. The lowest BCUT2D eigenvalue weighted by molar-refractivity contribution is -0.118. The largest absolute Gasteiger partial charge is 0.419 e. The number of oxazole rings is 1. The summed E-state index contributed by atoms with van der Waals surface area (Å²) in [6, 6.07) is 13.5. The summed E-state index contributed by atoms with van der Waals surface area (Å²) in [6.45, 7) is 7.13. The van der Waals surface area contributed by atoms with Gasteiger partial charge in [-0.25, -0.2) is 4.79 Å². The molecule has 3 rings (SSSR count). The van der Waals surface area contributed by atoms with Gasteiger partial charge in [0.2, 0.25) is 5.91 Å². The Morgan fingerprint density at radius 3 is 2.50 bits per heavy atom. The minimum atomic E-state index is -0.375. The van der Waals surface area contributed by atoms with Crippen LogP contribution < -0.4 is 10.7 Å². The monoisotopic (exact) mass is 352 g/mol. The van der Waals surface area contributed by atoms with E-state index >= 15 is 0 Å². The first-order valence-corrected chi connectivity index (χ1v) is 8.96. The first-order chi connectivity index (χ1) is 12.5. The predicted molar refractivity (Wildman–Crippen MR) is 104 cm³/mol. The molecule has 0 atom stereocenters. The van der Waals surface area contributed by atoms with Crippen molar-refractivity contribution >= 4 is 22.7 Å². The van der Waals surface area contributed by atoms with Gasteiger partial charge in [-0.2, -0.15) is 0 Å². The summed E-state index contributed by atoms with van der Waals surface area (Å²) in [5, 5.41) is 0. The fourth-order valence-corrected chi connectivity index (χ4v) is 3.36. The third-order valence-electron chi connectivity index (χ3n) is 4.48. The van der Waals surface area contributed by atoms with Crippen molar-refractivity contribution in [3.63, 3.8) is 0 Å². The molecule has 0 aliphatic rings. The van der Waals surface area contributed by atoms with E-state index in [9.17, 15) is 9.59 Å².